The minimum Gasteiger partial charge on any atom is -0.497 e. The molecule has 0 aliphatic heterocycles. The van der Waals surface area contributed by atoms with Crippen molar-refractivity contribution in [3.05, 3.63) is 89.0 Å². The first-order valence-electron chi connectivity index (χ1n) is 10.7. The number of methoxy groups -OCH3 is 1. The minimum atomic E-state index is -0.0660. The van der Waals surface area contributed by atoms with Crippen LogP contribution in [-0.2, 0) is 0 Å². The number of hydrogen-bond acceptors (Lipinski definition) is 4. The number of carbonyl (C=O) groups excluding carboxylic acids is 1. The topological polar surface area (TPSA) is 38.8 Å². The quantitative estimate of drug-likeness (QED) is 0.318. The molecule has 0 radical (unpaired) electrons. The van der Waals surface area contributed by atoms with Gasteiger partial charge in [-0.3, -0.25) is 4.79 Å². The Balaban J connectivity index is 1.91. The molecule has 0 saturated carbocycles. The lowest BCUT2D eigenvalue weighted by Gasteiger charge is -2.14. The molecule has 3 aromatic carbocycles. The van der Waals surface area contributed by atoms with Crippen molar-refractivity contribution in [3.63, 3.8) is 0 Å². The highest BCUT2D eigenvalue weighted by Gasteiger charge is 2.08. The summed E-state index contributed by atoms with van der Waals surface area (Å²) in [7, 11) is 5.64. The van der Waals surface area contributed by atoms with Crippen LogP contribution in [0.25, 0.3) is 17.2 Å². The molecule has 0 N–H and O–H groups in total. The molecule has 0 amide bonds. The number of likely N-dealkylation sites (N-methyl/N-ethyl adjacent to an activating group) is 1. The second-order valence-corrected chi connectivity index (χ2v) is 8.21. The van der Waals surface area contributed by atoms with Gasteiger partial charge in [0.05, 0.1) is 7.11 Å². The van der Waals surface area contributed by atoms with Gasteiger partial charge >= 0.3 is 0 Å². The number of benzene rings is 3. The van der Waals surface area contributed by atoms with E-state index in [-0.39, 0.29) is 5.78 Å². The largest absolute Gasteiger partial charge is 0.497 e. The van der Waals surface area contributed by atoms with Gasteiger partial charge in [0.1, 0.15) is 18.1 Å². The van der Waals surface area contributed by atoms with Crippen molar-refractivity contribution in [3.8, 4) is 22.6 Å². The maximum absolute atomic E-state index is 12.7. The summed E-state index contributed by atoms with van der Waals surface area (Å²) < 4.78 is 11.2. The maximum Gasteiger partial charge on any atom is 0.185 e. The van der Waals surface area contributed by atoms with E-state index in [1.165, 1.54) is 11.1 Å². The van der Waals surface area contributed by atoms with Gasteiger partial charge in [-0.1, -0.05) is 35.4 Å². The van der Waals surface area contributed by atoms with E-state index in [0.717, 1.165) is 34.7 Å². The lowest BCUT2D eigenvalue weighted by atomic mass is 9.98. The van der Waals surface area contributed by atoms with Crippen LogP contribution in [-0.4, -0.2) is 45.0 Å². The summed E-state index contributed by atoms with van der Waals surface area (Å²) in [6.07, 6.45) is 3.44. The second kappa shape index (κ2) is 10.8. The Kier molecular flexibility index (Phi) is 7.85. The third-order valence-corrected chi connectivity index (χ3v) is 5.15. The number of nitrogens with zero attached hydrogens (tertiary/aromatic N) is 1. The summed E-state index contributed by atoms with van der Waals surface area (Å²) >= 11 is 0. The fourth-order valence-electron chi connectivity index (χ4n) is 3.49. The Morgan fingerprint density at radius 2 is 1.59 bits per heavy atom. The van der Waals surface area contributed by atoms with E-state index in [2.05, 4.69) is 49.1 Å². The normalized spacial score (nSPS) is 11.2. The molecule has 0 spiro atoms. The lowest BCUT2D eigenvalue weighted by molar-refractivity contribution is 0.104. The number of allylic oxidation sites excluding steroid dienone is 1. The van der Waals surface area contributed by atoms with Gasteiger partial charge in [-0.05, 0) is 87.6 Å². The minimum absolute atomic E-state index is 0.0660. The summed E-state index contributed by atoms with van der Waals surface area (Å²) in [5.74, 6) is 1.42. The molecule has 0 heterocycles. The predicted octanol–water partition coefficient (Wildman–Crippen LogP) is 5.82. The number of rotatable bonds is 9. The van der Waals surface area contributed by atoms with Gasteiger partial charge in [0.15, 0.2) is 5.78 Å². The highest BCUT2D eigenvalue weighted by atomic mass is 16.5. The van der Waals surface area contributed by atoms with Crippen LogP contribution in [0.5, 0.6) is 11.5 Å². The van der Waals surface area contributed by atoms with Crippen molar-refractivity contribution in [2.75, 3.05) is 34.4 Å². The van der Waals surface area contributed by atoms with Crippen LogP contribution < -0.4 is 9.47 Å². The van der Waals surface area contributed by atoms with E-state index in [9.17, 15) is 4.79 Å². The van der Waals surface area contributed by atoms with E-state index in [4.69, 9.17) is 9.47 Å². The van der Waals surface area contributed by atoms with Crippen molar-refractivity contribution in [2.24, 2.45) is 0 Å². The Hall–Kier alpha value is -3.37. The molecule has 0 bridgehead atoms. The molecule has 0 atom stereocenters. The van der Waals surface area contributed by atoms with E-state index in [1.807, 2.05) is 26.2 Å². The van der Waals surface area contributed by atoms with Crippen molar-refractivity contribution in [1.29, 1.82) is 0 Å². The molecule has 0 aromatic heterocycles. The van der Waals surface area contributed by atoms with Crippen LogP contribution >= 0.6 is 0 Å². The molecular weight excluding hydrogens is 398 g/mol. The monoisotopic (exact) mass is 429 g/mol. The number of aryl methyl sites for hydroxylation is 2. The summed E-state index contributed by atoms with van der Waals surface area (Å²) in [6.45, 7) is 5.59. The first kappa shape index (κ1) is 23.3. The Morgan fingerprint density at radius 1 is 0.906 bits per heavy atom. The molecule has 0 saturated heterocycles. The zero-order valence-corrected chi connectivity index (χ0v) is 19.5. The number of ketones is 1. The molecule has 0 fully saturated rings. The lowest BCUT2D eigenvalue weighted by Crippen LogP contribution is -2.19. The van der Waals surface area contributed by atoms with Gasteiger partial charge in [-0.15, -0.1) is 0 Å². The van der Waals surface area contributed by atoms with Gasteiger partial charge in [0.2, 0.25) is 0 Å². The fraction of sp³-hybridized carbons (Fsp3) is 0.250. The third kappa shape index (κ3) is 6.32. The molecule has 4 nitrogen and oxygen atoms in total. The molecule has 32 heavy (non-hydrogen) atoms. The van der Waals surface area contributed by atoms with Crippen molar-refractivity contribution in [1.82, 2.24) is 4.90 Å². The SMILES string of the molecule is COc1ccc(C(=O)C=Cc2cc(-c3cc(C)cc(C)c3)ccc2OCCN(C)C)cc1. The molecular formula is C28H31NO3. The van der Waals surface area contributed by atoms with Crippen LogP contribution in [0, 0.1) is 13.8 Å². The Labute approximate surface area is 191 Å². The first-order chi connectivity index (χ1) is 15.4. The van der Waals surface area contributed by atoms with Crippen LogP contribution in [0.15, 0.2) is 66.7 Å². The average Bonchev–Trinajstić information content (AvgIpc) is 2.77. The molecule has 166 valence electrons. The van der Waals surface area contributed by atoms with Crippen LogP contribution in [0.2, 0.25) is 0 Å². The number of ether oxygens (including phenoxy) is 2. The van der Waals surface area contributed by atoms with Gasteiger partial charge < -0.3 is 14.4 Å². The van der Waals surface area contributed by atoms with Crippen LogP contribution in [0.1, 0.15) is 27.0 Å². The third-order valence-electron chi connectivity index (χ3n) is 5.15. The molecule has 0 aliphatic carbocycles. The summed E-state index contributed by atoms with van der Waals surface area (Å²) in [6, 6.07) is 19.8. The van der Waals surface area contributed by atoms with E-state index in [1.54, 1.807) is 37.5 Å². The highest BCUT2D eigenvalue weighted by Crippen LogP contribution is 2.29. The highest BCUT2D eigenvalue weighted by molar-refractivity contribution is 6.07. The summed E-state index contributed by atoms with van der Waals surface area (Å²) in [4.78, 5) is 14.8. The Bertz CT molecular complexity index is 1080. The van der Waals surface area contributed by atoms with Gasteiger partial charge in [0.25, 0.3) is 0 Å². The zero-order chi connectivity index (χ0) is 23.1. The maximum atomic E-state index is 12.7. The van der Waals surface area contributed by atoms with E-state index < -0.39 is 0 Å². The average molecular weight is 430 g/mol. The smallest absolute Gasteiger partial charge is 0.185 e. The fourth-order valence-corrected chi connectivity index (χ4v) is 3.49. The van der Waals surface area contributed by atoms with Gasteiger partial charge in [0, 0.05) is 17.7 Å². The van der Waals surface area contributed by atoms with Crippen molar-refractivity contribution in [2.45, 2.75) is 13.8 Å². The zero-order valence-electron chi connectivity index (χ0n) is 19.5. The molecule has 0 unspecified atom stereocenters. The molecule has 3 aromatic rings. The number of carbonyl (C=O) groups is 1. The molecule has 0 aliphatic rings. The summed E-state index contributed by atoms with van der Waals surface area (Å²) in [5, 5.41) is 0. The van der Waals surface area contributed by atoms with E-state index >= 15 is 0 Å². The van der Waals surface area contributed by atoms with Crippen LogP contribution in [0.4, 0.5) is 0 Å². The number of hydrogen-bond donors (Lipinski definition) is 0. The van der Waals surface area contributed by atoms with Gasteiger partial charge in [-0.25, -0.2) is 0 Å². The standard InChI is InChI=1S/C28H31NO3/c1-20-16-21(2)18-25(17-20)23-9-13-28(32-15-14-29(3)4)24(19-23)8-12-27(30)22-6-10-26(31-5)11-7-22/h6-13,16-19H,14-15H2,1-5H3. The van der Waals surface area contributed by atoms with E-state index in [0.29, 0.717) is 12.2 Å². The molecule has 4 heteroatoms. The van der Waals surface area contributed by atoms with Crippen molar-refractivity contribution >= 4 is 11.9 Å². The molecule has 3 rings (SSSR count). The predicted molar refractivity (Wildman–Crippen MR) is 132 cm³/mol. The summed E-state index contributed by atoms with van der Waals surface area (Å²) in [5.41, 5.74) is 6.17. The first-order valence-corrected chi connectivity index (χ1v) is 10.7. The second-order valence-electron chi connectivity index (χ2n) is 8.21. The van der Waals surface area contributed by atoms with Gasteiger partial charge in [-0.2, -0.15) is 0 Å². The van der Waals surface area contributed by atoms with Crippen molar-refractivity contribution < 1.29 is 14.3 Å². The van der Waals surface area contributed by atoms with Crippen LogP contribution in [0.3, 0.4) is 0 Å². The Morgan fingerprint density at radius 3 is 2.22 bits per heavy atom.